The van der Waals surface area contributed by atoms with Crippen LogP contribution in [0.3, 0.4) is 0 Å². The molecule has 1 aliphatic rings. The van der Waals surface area contributed by atoms with Crippen LogP contribution in [-0.4, -0.2) is 54.0 Å². The third-order valence-electron chi connectivity index (χ3n) is 5.63. The zero-order valence-electron chi connectivity index (χ0n) is 16.8. The molecule has 9 nitrogen and oxygen atoms in total. The van der Waals surface area contributed by atoms with E-state index in [0.717, 1.165) is 55.9 Å². The summed E-state index contributed by atoms with van der Waals surface area (Å²) < 4.78 is 9.78. The third-order valence-corrected chi connectivity index (χ3v) is 5.63. The fourth-order valence-electron chi connectivity index (χ4n) is 4.06. The highest BCUT2D eigenvalue weighted by molar-refractivity contribution is 5.80. The number of nitrogens with one attached hydrogen (secondary N) is 2. The number of hydrogen-bond donors (Lipinski definition) is 2. The molecule has 0 amide bonds. The largest absolute Gasteiger partial charge is 0.376 e. The molecule has 0 spiro atoms. The molecule has 156 valence electrons. The molecule has 3 aromatic heterocycles. The summed E-state index contributed by atoms with van der Waals surface area (Å²) in [5.74, 6) is 0.819. The number of imidazole rings is 1. The number of hydrogen-bond acceptors (Lipinski definition) is 6. The van der Waals surface area contributed by atoms with Gasteiger partial charge in [0, 0.05) is 37.3 Å². The van der Waals surface area contributed by atoms with Crippen molar-refractivity contribution in [3.05, 3.63) is 60.6 Å². The van der Waals surface area contributed by atoms with Crippen molar-refractivity contribution in [2.45, 2.75) is 44.5 Å². The Morgan fingerprint density at radius 1 is 1.30 bits per heavy atom. The Morgan fingerprint density at radius 2 is 2.30 bits per heavy atom. The van der Waals surface area contributed by atoms with Gasteiger partial charge in [-0.25, -0.2) is 9.67 Å². The molecule has 0 aliphatic carbocycles. The number of H-pyrrole nitrogens is 1. The monoisotopic (exact) mass is 406 g/mol. The van der Waals surface area contributed by atoms with Gasteiger partial charge < -0.3 is 19.6 Å². The number of aryl methyl sites for hydroxylation is 1. The van der Waals surface area contributed by atoms with Gasteiger partial charge in [-0.15, -0.1) is 5.10 Å². The average Bonchev–Trinajstić information content (AvgIpc) is 3.56. The van der Waals surface area contributed by atoms with E-state index in [1.165, 1.54) is 5.39 Å². The van der Waals surface area contributed by atoms with Gasteiger partial charge in [-0.05, 0) is 59.3 Å². The summed E-state index contributed by atoms with van der Waals surface area (Å²) in [4.78, 5) is 7.41. The number of aromatic nitrogens is 7. The SMILES string of the molecule is c1cn(CCCNC(c2ccc3cc[nH]c3c2)c2nnnn2C[C@H]2CCCO2)cn1. The van der Waals surface area contributed by atoms with Crippen molar-refractivity contribution in [3.63, 3.8) is 0 Å². The second kappa shape index (κ2) is 8.76. The van der Waals surface area contributed by atoms with Gasteiger partial charge >= 0.3 is 0 Å². The molecular formula is C21H26N8O. The summed E-state index contributed by atoms with van der Waals surface area (Å²) in [6.45, 7) is 3.25. The lowest BCUT2D eigenvalue weighted by Gasteiger charge is -2.20. The maximum Gasteiger partial charge on any atom is 0.172 e. The quantitative estimate of drug-likeness (QED) is 0.414. The molecule has 2 atom stereocenters. The summed E-state index contributed by atoms with van der Waals surface area (Å²) in [5, 5.41) is 17.5. The molecule has 1 aromatic carbocycles. The topological polar surface area (TPSA) is 98.5 Å². The van der Waals surface area contributed by atoms with E-state index in [0.29, 0.717) is 6.54 Å². The van der Waals surface area contributed by atoms with Gasteiger partial charge in [-0.2, -0.15) is 0 Å². The van der Waals surface area contributed by atoms with Gasteiger partial charge in [0.15, 0.2) is 5.82 Å². The molecule has 0 radical (unpaired) electrons. The average molecular weight is 406 g/mol. The van der Waals surface area contributed by atoms with Crippen LogP contribution < -0.4 is 5.32 Å². The van der Waals surface area contributed by atoms with Crippen LogP contribution in [0, 0.1) is 0 Å². The van der Waals surface area contributed by atoms with E-state index in [-0.39, 0.29) is 12.1 Å². The maximum atomic E-state index is 5.80. The van der Waals surface area contributed by atoms with Crippen molar-refractivity contribution in [3.8, 4) is 0 Å². The highest BCUT2D eigenvalue weighted by Crippen LogP contribution is 2.25. The van der Waals surface area contributed by atoms with Crippen molar-refractivity contribution < 1.29 is 4.74 Å². The minimum atomic E-state index is -0.100. The molecule has 0 saturated carbocycles. The van der Waals surface area contributed by atoms with Crippen LogP contribution in [-0.2, 0) is 17.8 Å². The molecule has 4 heterocycles. The van der Waals surface area contributed by atoms with E-state index in [9.17, 15) is 0 Å². The smallest absolute Gasteiger partial charge is 0.172 e. The molecule has 1 unspecified atom stereocenters. The third kappa shape index (κ3) is 4.12. The van der Waals surface area contributed by atoms with Crippen LogP contribution >= 0.6 is 0 Å². The Balaban J connectivity index is 1.37. The standard InChI is InChI=1S/C21H26N8O/c1-3-18(30-12-1)14-29-21(25-26-27-29)20(24-7-2-10-28-11-9-22-15-28)17-5-4-16-6-8-23-19(16)13-17/h4-6,8-9,11,13,15,18,20,23-24H,1-3,7,10,12,14H2/t18-,20?/m1/s1. The van der Waals surface area contributed by atoms with Gasteiger partial charge in [0.2, 0.25) is 0 Å². The molecule has 30 heavy (non-hydrogen) atoms. The summed E-state index contributed by atoms with van der Waals surface area (Å²) >= 11 is 0. The van der Waals surface area contributed by atoms with Crippen molar-refractivity contribution in [1.29, 1.82) is 0 Å². The molecule has 9 heteroatoms. The van der Waals surface area contributed by atoms with Crippen molar-refractivity contribution in [2.24, 2.45) is 0 Å². The summed E-state index contributed by atoms with van der Waals surface area (Å²) in [5.41, 5.74) is 2.24. The second-order valence-corrected chi connectivity index (χ2v) is 7.72. The molecule has 1 saturated heterocycles. The number of aromatic amines is 1. The van der Waals surface area contributed by atoms with Crippen molar-refractivity contribution in [2.75, 3.05) is 13.2 Å². The second-order valence-electron chi connectivity index (χ2n) is 7.72. The number of benzene rings is 1. The zero-order chi connectivity index (χ0) is 20.2. The highest BCUT2D eigenvalue weighted by atomic mass is 16.5. The summed E-state index contributed by atoms with van der Waals surface area (Å²) in [6.07, 6.45) is 10.9. The molecular weight excluding hydrogens is 380 g/mol. The number of nitrogens with zero attached hydrogens (tertiary/aromatic N) is 6. The van der Waals surface area contributed by atoms with E-state index in [1.807, 2.05) is 23.4 Å². The Morgan fingerprint density at radius 3 is 3.17 bits per heavy atom. The maximum absolute atomic E-state index is 5.80. The van der Waals surface area contributed by atoms with E-state index in [2.05, 4.69) is 59.6 Å². The van der Waals surface area contributed by atoms with Crippen LogP contribution in [0.2, 0.25) is 0 Å². The summed E-state index contributed by atoms with van der Waals surface area (Å²) in [7, 11) is 0. The Hall–Kier alpha value is -3.04. The number of fused-ring (bicyclic) bond motifs is 1. The van der Waals surface area contributed by atoms with Crippen LogP contribution in [0.1, 0.15) is 36.7 Å². The lowest BCUT2D eigenvalue weighted by atomic mass is 10.0. The number of rotatable bonds is 9. The number of ether oxygens (including phenoxy) is 1. The van der Waals surface area contributed by atoms with Crippen molar-refractivity contribution in [1.82, 2.24) is 40.1 Å². The summed E-state index contributed by atoms with van der Waals surface area (Å²) in [6, 6.07) is 8.43. The number of tetrazole rings is 1. The van der Waals surface area contributed by atoms with Crippen LogP contribution in [0.25, 0.3) is 10.9 Å². The Bertz CT molecular complexity index is 1060. The fourth-order valence-corrected chi connectivity index (χ4v) is 4.06. The molecule has 1 aliphatic heterocycles. The lowest BCUT2D eigenvalue weighted by molar-refractivity contribution is 0.0923. The highest BCUT2D eigenvalue weighted by Gasteiger charge is 2.24. The zero-order valence-corrected chi connectivity index (χ0v) is 16.8. The minimum Gasteiger partial charge on any atom is -0.376 e. The predicted molar refractivity (Wildman–Crippen MR) is 112 cm³/mol. The fraction of sp³-hybridized carbons (Fsp3) is 0.429. The molecule has 0 bridgehead atoms. The van der Waals surface area contributed by atoms with E-state index in [1.54, 1.807) is 6.20 Å². The van der Waals surface area contributed by atoms with Crippen LogP contribution in [0.15, 0.2) is 49.2 Å². The van der Waals surface area contributed by atoms with Crippen molar-refractivity contribution >= 4 is 10.9 Å². The normalized spacial score (nSPS) is 17.7. The van der Waals surface area contributed by atoms with E-state index >= 15 is 0 Å². The van der Waals surface area contributed by atoms with Crippen LogP contribution in [0.5, 0.6) is 0 Å². The molecule has 4 aromatic rings. The molecule has 5 rings (SSSR count). The molecule has 1 fully saturated rings. The lowest BCUT2D eigenvalue weighted by Crippen LogP contribution is -2.29. The first-order valence-electron chi connectivity index (χ1n) is 10.5. The van der Waals surface area contributed by atoms with Crippen LogP contribution in [0.4, 0.5) is 0 Å². The predicted octanol–water partition coefficient (Wildman–Crippen LogP) is 2.30. The van der Waals surface area contributed by atoms with E-state index < -0.39 is 0 Å². The first-order valence-corrected chi connectivity index (χ1v) is 10.5. The Kier molecular flexibility index (Phi) is 5.54. The van der Waals surface area contributed by atoms with Gasteiger partial charge in [0.25, 0.3) is 0 Å². The van der Waals surface area contributed by atoms with Gasteiger partial charge in [-0.1, -0.05) is 12.1 Å². The van der Waals surface area contributed by atoms with Gasteiger partial charge in [0.05, 0.1) is 25.0 Å². The van der Waals surface area contributed by atoms with E-state index in [4.69, 9.17) is 4.74 Å². The Labute approximate surface area is 174 Å². The first-order chi connectivity index (χ1) is 14.9. The first kappa shape index (κ1) is 19.0. The molecule has 2 N–H and O–H groups in total. The minimum absolute atomic E-state index is 0.100. The van der Waals surface area contributed by atoms with Gasteiger partial charge in [0.1, 0.15) is 0 Å². The van der Waals surface area contributed by atoms with Gasteiger partial charge in [-0.3, -0.25) is 0 Å².